The second-order valence-corrected chi connectivity index (χ2v) is 6.32. The van der Waals surface area contributed by atoms with Crippen LogP contribution >= 0.6 is 46.4 Å². The average Bonchev–Trinajstić information content (AvgIpc) is 2.47. The molecule has 2 aromatic rings. The molecule has 0 bridgehead atoms. The fourth-order valence-electron chi connectivity index (χ4n) is 2.16. The van der Waals surface area contributed by atoms with Crippen molar-refractivity contribution in [1.29, 1.82) is 0 Å². The summed E-state index contributed by atoms with van der Waals surface area (Å²) in [6, 6.07) is 10.9. The molecule has 5 heteroatoms. The number of hydrogen-bond donors (Lipinski definition) is 1. The Morgan fingerprint density at radius 2 is 1.71 bits per heavy atom. The summed E-state index contributed by atoms with van der Waals surface area (Å²) in [6.07, 6.45) is 0.993. The lowest BCUT2D eigenvalue weighted by Gasteiger charge is -2.22. The summed E-state index contributed by atoms with van der Waals surface area (Å²) in [5.41, 5.74) is 1.78. The van der Waals surface area contributed by atoms with E-state index in [9.17, 15) is 0 Å². The highest BCUT2D eigenvalue weighted by Gasteiger charge is 2.20. The van der Waals surface area contributed by atoms with Crippen molar-refractivity contribution in [3.05, 3.63) is 67.6 Å². The van der Waals surface area contributed by atoms with E-state index >= 15 is 0 Å². The summed E-state index contributed by atoms with van der Waals surface area (Å²) in [7, 11) is 0. The first-order valence-electron chi connectivity index (χ1n) is 6.66. The van der Waals surface area contributed by atoms with Gasteiger partial charge in [-0.1, -0.05) is 65.5 Å². The molecule has 0 aliphatic heterocycles. The van der Waals surface area contributed by atoms with Gasteiger partial charge >= 0.3 is 0 Å². The molecule has 0 saturated heterocycles. The fourth-order valence-corrected chi connectivity index (χ4v) is 2.98. The summed E-state index contributed by atoms with van der Waals surface area (Å²) in [5.74, 6) is 0. The van der Waals surface area contributed by atoms with Gasteiger partial charge in [0.25, 0.3) is 0 Å². The van der Waals surface area contributed by atoms with Gasteiger partial charge in [0.2, 0.25) is 0 Å². The van der Waals surface area contributed by atoms with Crippen LogP contribution < -0.4 is 5.32 Å². The van der Waals surface area contributed by atoms with Gasteiger partial charge in [-0.2, -0.15) is 0 Å². The lowest BCUT2D eigenvalue weighted by Crippen LogP contribution is -2.24. The smallest absolute Gasteiger partial charge is 0.0643 e. The quantitative estimate of drug-likeness (QED) is 0.649. The van der Waals surface area contributed by atoms with E-state index in [4.69, 9.17) is 46.4 Å². The fraction of sp³-hybridized carbons (Fsp3) is 0.250. The minimum atomic E-state index is -0.151. The van der Waals surface area contributed by atoms with E-state index < -0.39 is 0 Å². The van der Waals surface area contributed by atoms with E-state index in [-0.39, 0.29) is 6.04 Å². The van der Waals surface area contributed by atoms with Crippen molar-refractivity contribution in [3.63, 3.8) is 0 Å². The van der Waals surface area contributed by atoms with E-state index in [0.717, 1.165) is 24.1 Å². The van der Waals surface area contributed by atoms with Gasteiger partial charge in [0.15, 0.2) is 0 Å². The third-order valence-corrected chi connectivity index (χ3v) is 4.57. The van der Waals surface area contributed by atoms with Gasteiger partial charge in [0.1, 0.15) is 0 Å². The maximum absolute atomic E-state index is 6.36. The van der Waals surface area contributed by atoms with Crippen LogP contribution in [0, 0.1) is 0 Å². The van der Waals surface area contributed by atoms with E-state index in [2.05, 4.69) is 12.2 Å². The first-order valence-corrected chi connectivity index (χ1v) is 8.18. The van der Waals surface area contributed by atoms with Gasteiger partial charge in [0, 0.05) is 10.0 Å². The molecule has 0 aliphatic carbocycles. The zero-order valence-corrected chi connectivity index (χ0v) is 14.5. The molecule has 1 atom stereocenters. The second-order valence-electron chi connectivity index (χ2n) is 4.70. The number of benzene rings is 2. The minimum Gasteiger partial charge on any atom is -0.306 e. The highest BCUT2D eigenvalue weighted by Crippen LogP contribution is 2.36. The normalized spacial score (nSPS) is 12.4. The molecule has 0 aliphatic rings. The molecule has 1 N–H and O–H groups in total. The average molecular weight is 363 g/mol. The number of hydrogen-bond acceptors (Lipinski definition) is 1. The van der Waals surface area contributed by atoms with Crippen molar-refractivity contribution >= 4 is 46.4 Å². The zero-order chi connectivity index (χ0) is 15.4. The SMILES string of the molecule is CCCNC(c1cc(Cl)ccc1Cl)c1cccc(Cl)c1Cl. The van der Waals surface area contributed by atoms with E-state index in [1.54, 1.807) is 18.2 Å². The molecule has 1 nitrogen and oxygen atoms in total. The van der Waals surface area contributed by atoms with E-state index in [0.29, 0.717) is 20.1 Å². The van der Waals surface area contributed by atoms with Gasteiger partial charge in [0.05, 0.1) is 16.1 Å². The maximum atomic E-state index is 6.36. The topological polar surface area (TPSA) is 12.0 Å². The summed E-state index contributed by atoms with van der Waals surface area (Å²) in [4.78, 5) is 0. The first kappa shape index (κ1) is 16.9. The van der Waals surface area contributed by atoms with Gasteiger partial charge in [-0.3, -0.25) is 0 Å². The van der Waals surface area contributed by atoms with Crippen LogP contribution in [0.4, 0.5) is 0 Å². The van der Waals surface area contributed by atoms with E-state index in [1.807, 2.05) is 18.2 Å². The molecule has 1 unspecified atom stereocenters. The minimum absolute atomic E-state index is 0.151. The Kier molecular flexibility index (Phi) is 6.21. The van der Waals surface area contributed by atoms with Crippen LogP contribution in [0.3, 0.4) is 0 Å². The third-order valence-electron chi connectivity index (χ3n) is 3.16. The molecule has 2 rings (SSSR count). The van der Waals surface area contributed by atoms with Crippen molar-refractivity contribution in [3.8, 4) is 0 Å². The summed E-state index contributed by atoms with van der Waals surface area (Å²) < 4.78 is 0. The molecule has 0 aromatic heterocycles. The van der Waals surface area contributed by atoms with Gasteiger partial charge < -0.3 is 5.32 Å². The van der Waals surface area contributed by atoms with Crippen molar-refractivity contribution < 1.29 is 0 Å². The Balaban J connectivity index is 2.52. The number of nitrogens with one attached hydrogen (secondary N) is 1. The lowest BCUT2D eigenvalue weighted by atomic mass is 9.98. The second kappa shape index (κ2) is 7.71. The van der Waals surface area contributed by atoms with Crippen LogP contribution in [0.15, 0.2) is 36.4 Å². The Labute approximate surface area is 145 Å². The first-order chi connectivity index (χ1) is 10.0. The standard InChI is InChI=1S/C16H15Cl4N/c1-2-8-21-16(11-4-3-5-14(19)15(11)20)12-9-10(17)6-7-13(12)18/h3-7,9,16,21H,2,8H2,1H3. The predicted molar refractivity (Wildman–Crippen MR) is 93.1 cm³/mol. The Morgan fingerprint density at radius 1 is 0.952 bits per heavy atom. The van der Waals surface area contributed by atoms with Crippen molar-refractivity contribution in [2.75, 3.05) is 6.54 Å². The predicted octanol–water partition coefficient (Wildman–Crippen LogP) is 6.39. The third kappa shape index (κ3) is 4.06. The zero-order valence-electron chi connectivity index (χ0n) is 11.5. The van der Waals surface area contributed by atoms with Crippen LogP contribution in [-0.4, -0.2) is 6.54 Å². The summed E-state index contributed by atoms with van der Waals surface area (Å²) >= 11 is 24.9. The van der Waals surface area contributed by atoms with Crippen LogP contribution in [0.2, 0.25) is 20.1 Å². The van der Waals surface area contributed by atoms with Crippen molar-refractivity contribution in [1.82, 2.24) is 5.32 Å². The molecular formula is C16H15Cl4N. The summed E-state index contributed by atoms with van der Waals surface area (Å²) in [5, 5.41) is 5.78. The molecule has 0 spiro atoms. The van der Waals surface area contributed by atoms with Crippen LogP contribution in [-0.2, 0) is 0 Å². The van der Waals surface area contributed by atoms with Gasteiger partial charge in [-0.25, -0.2) is 0 Å². The molecule has 0 radical (unpaired) electrons. The molecule has 112 valence electrons. The van der Waals surface area contributed by atoms with Crippen LogP contribution in [0.25, 0.3) is 0 Å². The van der Waals surface area contributed by atoms with Crippen LogP contribution in [0.1, 0.15) is 30.5 Å². The molecule has 2 aromatic carbocycles. The van der Waals surface area contributed by atoms with Gasteiger partial charge in [-0.05, 0) is 48.4 Å². The van der Waals surface area contributed by atoms with Gasteiger partial charge in [-0.15, -0.1) is 0 Å². The van der Waals surface area contributed by atoms with Crippen LogP contribution in [0.5, 0.6) is 0 Å². The van der Waals surface area contributed by atoms with Crippen molar-refractivity contribution in [2.45, 2.75) is 19.4 Å². The maximum Gasteiger partial charge on any atom is 0.0643 e. The molecule has 0 heterocycles. The number of halogens is 4. The molecule has 0 saturated carbocycles. The summed E-state index contributed by atoms with van der Waals surface area (Å²) in [6.45, 7) is 2.93. The monoisotopic (exact) mass is 361 g/mol. The molecule has 21 heavy (non-hydrogen) atoms. The highest BCUT2D eigenvalue weighted by atomic mass is 35.5. The Bertz CT molecular complexity index is 626. The largest absolute Gasteiger partial charge is 0.306 e. The molecule has 0 fully saturated rings. The Morgan fingerprint density at radius 3 is 2.43 bits per heavy atom. The van der Waals surface area contributed by atoms with E-state index in [1.165, 1.54) is 0 Å². The molecular weight excluding hydrogens is 348 g/mol. The highest BCUT2D eigenvalue weighted by molar-refractivity contribution is 6.42. The van der Waals surface area contributed by atoms with Crippen molar-refractivity contribution in [2.24, 2.45) is 0 Å². The lowest BCUT2D eigenvalue weighted by molar-refractivity contribution is 0.599. The Hall–Kier alpha value is -0.440. The number of rotatable bonds is 5. The molecule has 0 amide bonds.